The molecule has 1 aromatic heterocycles. The van der Waals surface area contributed by atoms with Gasteiger partial charge in [-0.1, -0.05) is 0 Å². The van der Waals surface area contributed by atoms with Gasteiger partial charge in [0.2, 0.25) is 5.88 Å². The second-order valence-electron chi connectivity index (χ2n) is 3.50. The lowest BCUT2D eigenvalue weighted by Gasteiger charge is -2.04. The number of ketones is 1. The van der Waals surface area contributed by atoms with E-state index in [1.165, 1.54) is 13.1 Å². The van der Waals surface area contributed by atoms with Gasteiger partial charge in [0.15, 0.2) is 5.78 Å². The first kappa shape index (κ1) is 12.0. The molecule has 0 aliphatic carbocycles. The van der Waals surface area contributed by atoms with Crippen molar-refractivity contribution in [3.8, 4) is 11.6 Å². The molecule has 0 aliphatic rings. The molecule has 0 spiro atoms. The van der Waals surface area contributed by atoms with Crippen molar-refractivity contribution in [3.05, 3.63) is 51.7 Å². The minimum absolute atomic E-state index is 0.00156. The van der Waals surface area contributed by atoms with Crippen molar-refractivity contribution in [2.75, 3.05) is 0 Å². The van der Waals surface area contributed by atoms with Gasteiger partial charge < -0.3 is 4.74 Å². The Morgan fingerprint density at radius 1 is 1.18 bits per heavy atom. The first-order chi connectivity index (χ1) is 8.15. The number of halogens is 1. The van der Waals surface area contributed by atoms with Crippen LogP contribution >= 0.6 is 22.6 Å². The van der Waals surface area contributed by atoms with E-state index in [2.05, 4.69) is 27.6 Å². The van der Waals surface area contributed by atoms with E-state index < -0.39 is 0 Å². The minimum Gasteiger partial charge on any atom is -0.439 e. The molecule has 0 bridgehead atoms. The molecule has 17 heavy (non-hydrogen) atoms. The van der Waals surface area contributed by atoms with Gasteiger partial charge in [-0.05, 0) is 59.8 Å². The molecule has 0 saturated heterocycles. The third-order valence-electron chi connectivity index (χ3n) is 2.18. The molecule has 1 heterocycles. The summed E-state index contributed by atoms with van der Waals surface area (Å²) in [6, 6.07) is 11.1. The third kappa shape index (κ3) is 3.26. The molecule has 2 aromatic rings. The van der Waals surface area contributed by atoms with Gasteiger partial charge in [-0.15, -0.1) is 0 Å². The van der Waals surface area contributed by atoms with Crippen LogP contribution in [0.4, 0.5) is 0 Å². The van der Waals surface area contributed by atoms with Crippen LogP contribution < -0.4 is 4.74 Å². The molecule has 4 heteroatoms. The Bertz CT molecular complexity index is 520. The van der Waals surface area contributed by atoms with E-state index >= 15 is 0 Å². The second-order valence-corrected chi connectivity index (χ2v) is 4.74. The normalized spacial score (nSPS) is 10.0. The molecule has 1 aromatic carbocycles. The van der Waals surface area contributed by atoms with Crippen molar-refractivity contribution in [1.82, 2.24) is 4.98 Å². The van der Waals surface area contributed by atoms with Crippen LogP contribution in [0.3, 0.4) is 0 Å². The fourth-order valence-electron chi connectivity index (χ4n) is 1.27. The van der Waals surface area contributed by atoms with Crippen LogP contribution in [0.5, 0.6) is 11.6 Å². The summed E-state index contributed by atoms with van der Waals surface area (Å²) < 4.78 is 6.69. The van der Waals surface area contributed by atoms with Gasteiger partial charge in [0, 0.05) is 21.4 Å². The monoisotopic (exact) mass is 339 g/mol. The number of carbonyl (C=O) groups is 1. The number of hydrogen-bond donors (Lipinski definition) is 0. The predicted octanol–water partition coefficient (Wildman–Crippen LogP) is 3.68. The number of hydrogen-bond acceptors (Lipinski definition) is 3. The lowest BCUT2D eigenvalue weighted by atomic mass is 10.2. The minimum atomic E-state index is -0.00156. The summed E-state index contributed by atoms with van der Waals surface area (Å²) in [7, 11) is 0. The molecule has 0 fully saturated rings. The average molecular weight is 339 g/mol. The van der Waals surface area contributed by atoms with E-state index in [0.29, 0.717) is 11.4 Å². The SMILES string of the molecule is CC(=O)c1ccc(Oc2ccc(I)cc2)nc1. The summed E-state index contributed by atoms with van der Waals surface area (Å²) in [5.41, 5.74) is 0.583. The van der Waals surface area contributed by atoms with Gasteiger partial charge in [0.05, 0.1) is 0 Å². The van der Waals surface area contributed by atoms with E-state index in [-0.39, 0.29) is 5.78 Å². The largest absolute Gasteiger partial charge is 0.439 e. The van der Waals surface area contributed by atoms with Crippen LogP contribution in [0.1, 0.15) is 17.3 Å². The summed E-state index contributed by atoms with van der Waals surface area (Å²) in [5.74, 6) is 1.21. The first-order valence-electron chi connectivity index (χ1n) is 5.05. The molecule has 0 atom stereocenters. The Morgan fingerprint density at radius 3 is 2.41 bits per heavy atom. The molecule has 86 valence electrons. The smallest absolute Gasteiger partial charge is 0.219 e. The van der Waals surface area contributed by atoms with Crippen molar-refractivity contribution in [3.63, 3.8) is 0 Å². The van der Waals surface area contributed by atoms with Crippen LogP contribution in [0.25, 0.3) is 0 Å². The fourth-order valence-corrected chi connectivity index (χ4v) is 1.63. The van der Waals surface area contributed by atoms with E-state index in [1.807, 2.05) is 24.3 Å². The first-order valence-corrected chi connectivity index (χ1v) is 6.13. The van der Waals surface area contributed by atoms with Crippen molar-refractivity contribution < 1.29 is 9.53 Å². The lowest BCUT2D eigenvalue weighted by molar-refractivity contribution is 0.101. The highest BCUT2D eigenvalue weighted by Gasteiger charge is 2.02. The number of nitrogens with zero attached hydrogens (tertiary/aromatic N) is 1. The predicted molar refractivity (Wildman–Crippen MR) is 73.5 cm³/mol. The van der Waals surface area contributed by atoms with Crippen molar-refractivity contribution in [2.45, 2.75) is 6.92 Å². The van der Waals surface area contributed by atoms with Gasteiger partial charge in [-0.25, -0.2) is 4.98 Å². The number of pyridine rings is 1. The Labute approximate surface area is 113 Å². The van der Waals surface area contributed by atoms with Gasteiger partial charge in [0.1, 0.15) is 5.75 Å². The number of aromatic nitrogens is 1. The van der Waals surface area contributed by atoms with Gasteiger partial charge >= 0.3 is 0 Å². The highest BCUT2D eigenvalue weighted by atomic mass is 127. The topological polar surface area (TPSA) is 39.2 Å². The maximum Gasteiger partial charge on any atom is 0.219 e. The molecule has 3 nitrogen and oxygen atoms in total. The zero-order valence-electron chi connectivity index (χ0n) is 9.18. The number of carbonyl (C=O) groups excluding carboxylic acids is 1. The van der Waals surface area contributed by atoms with Gasteiger partial charge in [0.25, 0.3) is 0 Å². The van der Waals surface area contributed by atoms with Gasteiger partial charge in [-0.3, -0.25) is 4.79 Å². The summed E-state index contributed by atoms with van der Waals surface area (Å²) in [5, 5.41) is 0. The summed E-state index contributed by atoms with van der Waals surface area (Å²) in [6.45, 7) is 1.51. The highest BCUT2D eigenvalue weighted by molar-refractivity contribution is 14.1. The lowest BCUT2D eigenvalue weighted by Crippen LogP contribution is -1.94. The molecule has 0 radical (unpaired) electrons. The van der Waals surface area contributed by atoms with Crippen LogP contribution in [0, 0.1) is 3.57 Å². The highest BCUT2D eigenvalue weighted by Crippen LogP contribution is 2.20. The van der Waals surface area contributed by atoms with Gasteiger partial charge in [-0.2, -0.15) is 0 Å². The van der Waals surface area contributed by atoms with Crippen LogP contribution in [-0.4, -0.2) is 10.8 Å². The molecule has 0 aliphatic heterocycles. The summed E-state index contributed by atoms with van der Waals surface area (Å²) >= 11 is 2.23. The Kier molecular flexibility index (Phi) is 3.73. The van der Waals surface area contributed by atoms with Crippen molar-refractivity contribution >= 4 is 28.4 Å². The molecule has 0 unspecified atom stereocenters. The Morgan fingerprint density at radius 2 is 1.88 bits per heavy atom. The second kappa shape index (κ2) is 5.27. The number of Topliss-reactive ketones (excluding diaryl/α,β-unsaturated/α-hetero) is 1. The fraction of sp³-hybridized carbons (Fsp3) is 0.0769. The third-order valence-corrected chi connectivity index (χ3v) is 2.90. The standard InChI is InChI=1S/C13H10INO2/c1-9(16)10-2-7-13(15-8-10)17-12-5-3-11(14)4-6-12/h2-8H,1H3. The van der Waals surface area contributed by atoms with E-state index in [4.69, 9.17) is 4.74 Å². The maximum absolute atomic E-state index is 11.1. The molecular weight excluding hydrogens is 329 g/mol. The summed E-state index contributed by atoms with van der Waals surface area (Å²) in [4.78, 5) is 15.1. The molecule has 0 amide bonds. The van der Waals surface area contributed by atoms with Crippen LogP contribution in [-0.2, 0) is 0 Å². The Balaban J connectivity index is 2.13. The van der Waals surface area contributed by atoms with Crippen LogP contribution in [0.2, 0.25) is 0 Å². The Hall–Kier alpha value is -1.43. The van der Waals surface area contributed by atoms with Crippen molar-refractivity contribution in [1.29, 1.82) is 0 Å². The number of ether oxygens (including phenoxy) is 1. The molecule has 0 N–H and O–H groups in total. The van der Waals surface area contributed by atoms with Crippen molar-refractivity contribution in [2.24, 2.45) is 0 Å². The average Bonchev–Trinajstić information content (AvgIpc) is 2.33. The quantitative estimate of drug-likeness (QED) is 0.633. The zero-order valence-corrected chi connectivity index (χ0v) is 11.3. The maximum atomic E-state index is 11.1. The van der Waals surface area contributed by atoms with Crippen LogP contribution in [0.15, 0.2) is 42.6 Å². The van der Waals surface area contributed by atoms with E-state index in [1.54, 1.807) is 12.1 Å². The molecule has 0 saturated carbocycles. The van der Waals surface area contributed by atoms with E-state index in [9.17, 15) is 4.79 Å². The number of benzene rings is 1. The zero-order chi connectivity index (χ0) is 12.3. The number of rotatable bonds is 3. The molecule has 2 rings (SSSR count). The molecular formula is C13H10INO2. The summed E-state index contributed by atoms with van der Waals surface area (Å²) in [6.07, 6.45) is 1.52. The van der Waals surface area contributed by atoms with E-state index in [0.717, 1.165) is 9.32 Å².